The van der Waals surface area contributed by atoms with Gasteiger partial charge in [-0.15, -0.1) is 0 Å². The van der Waals surface area contributed by atoms with E-state index in [1.54, 1.807) is 24.4 Å². The molecule has 0 atom stereocenters. The van der Waals surface area contributed by atoms with Gasteiger partial charge in [0.05, 0.1) is 16.8 Å². The van der Waals surface area contributed by atoms with E-state index in [0.717, 1.165) is 25.7 Å². The first-order valence-electron chi connectivity index (χ1n) is 7.32. The van der Waals surface area contributed by atoms with Gasteiger partial charge < -0.3 is 14.5 Å². The normalized spacial score (nSPS) is 21.3. The third-order valence-corrected chi connectivity index (χ3v) is 4.00. The maximum atomic E-state index is 12.0. The molecule has 1 aliphatic carbocycles. The van der Waals surface area contributed by atoms with E-state index >= 15 is 0 Å². The maximum Gasteiger partial charge on any atom is 0.254 e. The molecule has 0 aromatic carbocycles. The van der Waals surface area contributed by atoms with E-state index in [9.17, 15) is 4.79 Å². The monoisotopic (exact) mass is 320 g/mol. The number of pyridine rings is 1. The number of nitrogens with zero attached hydrogens (tertiary/aromatic N) is 1. The Balaban J connectivity index is 1.46. The Hall–Kier alpha value is -2.01. The molecule has 1 amide bonds. The van der Waals surface area contributed by atoms with Gasteiger partial charge in [-0.1, -0.05) is 11.6 Å². The molecule has 1 aliphatic rings. The number of carbonyl (C=O) groups is 1. The molecule has 0 bridgehead atoms. The quantitative estimate of drug-likeness (QED) is 0.937. The molecule has 2 aromatic heterocycles. The van der Waals surface area contributed by atoms with Gasteiger partial charge in [-0.05, 0) is 37.8 Å². The van der Waals surface area contributed by atoms with Crippen molar-refractivity contribution in [1.82, 2.24) is 10.3 Å². The standard InChI is InChI=1S/C16H17ClN2O3/c17-12-1-6-15(18-9-12)22-14-4-2-13(3-5-14)19-16(20)11-7-8-21-10-11/h1,6-10,13-14H,2-5H2,(H,19,20). The van der Waals surface area contributed by atoms with E-state index in [4.69, 9.17) is 20.8 Å². The smallest absolute Gasteiger partial charge is 0.254 e. The maximum absolute atomic E-state index is 12.0. The third-order valence-electron chi connectivity index (χ3n) is 3.78. The number of rotatable bonds is 4. The zero-order chi connectivity index (χ0) is 15.4. The van der Waals surface area contributed by atoms with Crippen LogP contribution in [0.3, 0.4) is 0 Å². The highest BCUT2D eigenvalue weighted by atomic mass is 35.5. The molecule has 22 heavy (non-hydrogen) atoms. The number of ether oxygens (including phenoxy) is 1. The lowest BCUT2D eigenvalue weighted by Gasteiger charge is -2.29. The molecular weight excluding hydrogens is 304 g/mol. The zero-order valence-electron chi connectivity index (χ0n) is 12.0. The summed E-state index contributed by atoms with van der Waals surface area (Å²) in [6.45, 7) is 0. The Kier molecular flexibility index (Phi) is 4.63. The number of hydrogen-bond donors (Lipinski definition) is 1. The van der Waals surface area contributed by atoms with Crippen LogP contribution in [0.4, 0.5) is 0 Å². The van der Waals surface area contributed by atoms with E-state index in [-0.39, 0.29) is 18.1 Å². The molecule has 2 heterocycles. The van der Waals surface area contributed by atoms with E-state index in [1.165, 1.54) is 12.5 Å². The van der Waals surface area contributed by atoms with Crippen LogP contribution < -0.4 is 10.1 Å². The molecule has 3 rings (SSSR count). The van der Waals surface area contributed by atoms with Crippen LogP contribution in [0.1, 0.15) is 36.0 Å². The lowest BCUT2D eigenvalue weighted by molar-refractivity contribution is 0.0889. The fraction of sp³-hybridized carbons (Fsp3) is 0.375. The predicted molar refractivity (Wildman–Crippen MR) is 82.1 cm³/mol. The Morgan fingerprint density at radius 2 is 2.09 bits per heavy atom. The van der Waals surface area contributed by atoms with Crippen molar-refractivity contribution in [1.29, 1.82) is 0 Å². The average Bonchev–Trinajstić information content (AvgIpc) is 3.06. The SMILES string of the molecule is O=C(NC1CCC(Oc2ccc(Cl)cn2)CC1)c1ccoc1. The van der Waals surface area contributed by atoms with Crippen LogP contribution in [0.5, 0.6) is 5.88 Å². The second-order valence-corrected chi connectivity index (χ2v) is 5.83. The number of nitrogens with one attached hydrogen (secondary N) is 1. The molecule has 0 aliphatic heterocycles. The summed E-state index contributed by atoms with van der Waals surface area (Å²) in [5.74, 6) is 0.507. The predicted octanol–water partition coefficient (Wildman–Crippen LogP) is 3.45. The number of aromatic nitrogens is 1. The second-order valence-electron chi connectivity index (χ2n) is 5.39. The Bertz CT molecular complexity index is 605. The van der Waals surface area contributed by atoms with Gasteiger partial charge in [-0.25, -0.2) is 4.98 Å². The molecule has 2 aromatic rings. The van der Waals surface area contributed by atoms with Gasteiger partial charge in [0.2, 0.25) is 5.88 Å². The first-order chi connectivity index (χ1) is 10.7. The molecule has 0 spiro atoms. The van der Waals surface area contributed by atoms with Gasteiger partial charge in [0.25, 0.3) is 5.91 Å². The molecular formula is C16H17ClN2O3. The summed E-state index contributed by atoms with van der Waals surface area (Å²) in [5, 5.41) is 3.62. The van der Waals surface area contributed by atoms with E-state index in [0.29, 0.717) is 16.5 Å². The van der Waals surface area contributed by atoms with Crippen LogP contribution in [0.2, 0.25) is 5.02 Å². The van der Waals surface area contributed by atoms with Crippen LogP contribution in [-0.4, -0.2) is 23.0 Å². The van der Waals surface area contributed by atoms with Crippen molar-refractivity contribution < 1.29 is 13.9 Å². The second kappa shape index (κ2) is 6.83. The molecule has 5 nitrogen and oxygen atoms in total. The largest absolute Gasteiger partial charge is 0.474 e. The van der Waals surface area contributed by atoms with Gasteiger partial charge in [-0.2, -0.15) is 0 Å². The molecule has 0 radical (unpaired) electrons. The van der Waals surface area contributed by atoms with Crippen molar-refractivity contribution >= 4 is 17.5 Å². The summed E-state index contributed by atoms with van der Waals surface area (Å²) in [5.41, 5.74) is 0.559. The molecule has 6 heteroatoms. The third kappa shape index (κ3) is 3.80. The Morgan fingerprint density at radius 3 is 2.73 bits per heavy atom. The minimum absolute atomic E-state index is 0.0857. The average molecular weight is 321 g/mol. The van der Waals surface area contributed by atoms with E-state index < -0.39 is 0 Å². The molecule has 0 unspecified atom stereocenters. The van der Waals surface area contributed by atoms with Gasteiger partial charge >= 0.3 is 0 Å². The topological polar surface area (TPSA) is 64.4 Å². The van der Waals surface area contributed by atoms with E-state index in [2.05, 4.69) is 10.3 Å². The fourth-order valence-corrected chi connectivity index (χ4v) is 2.70. The first-order valence-corrected chi connectivity index (χ1v) is 7.70. The molecule has 0 saturated heterocycles. The summed E-state index contributed by atoms with van der Waals surface area (Å²) in [4.78, 5) is 16.1. The van der Waals surface area contributed by atoms with Crippen molar-refractivity contribution in [2.45, 2.75) is 37.8 Å². The Morgan fingerprint density at radius 1 is 1.27 bits per heavy atom. The minimum Gasteiger partial charge on any atom is -0.474 e. The molecule has 1 saturated carbocycles. The van der Waals surface area contributed by atoms with E-state index in [1.807, 2.05) is 0 Å². The summed E-state index contributed by atoms with van der Waals surface area (Å²) >= 11 is 5.80. The van der Waals surface area contributed by atoms with Crippen LogP contribution in [0, 0.1) is 0 Å². The zero-order valence-corrected chi connectivity index (χ0v) is 12.8. The van der Waals surface area contributed by atoms with Crippen molar-refractivity contribution in [3.05, 3.63) is 47.5 Å². The summed E-state index contributed by atoms with van der Waals surface area (Å²) in [6.07, 6.45) is 8.23. The van der Waals surface area contributed by atoms with Gasteiger partial charge in [0.1, 0.15) is 12.4 Å². The lowest BCUT2D eigenvalue weighted by atomic mass is 9.93. The molecule has 116 valence electrons. The lowest BCUT2D eigenvalue weighted by Crippen LogP contribution is -2.39. The summed E-state index contributed by atoms with van der Waals surface area (Å²) < 4.78 is 10.8. The summed E-state index contributed by atoms with van der Waals surface area (Å²) in [6, 6.07) is 5.38. The van der Waals surface area contributed by atoms with Crippen LogP contribution in [-0.2, 0) is 0 Å². The highest BCUT2D eigenvalue weighted by molar-refractivity contribution is 6.30. The van der Waals surface area contributed by atoms with Gasteiger partial charge in [0, 0.05) is 18.3 Å². The Labute approximate surface area is 133 Å². The van der Waals surface area contributed by atoms with Crippen molar-refractivity contribution in [3.63, 3.8) is 0 Å². The van der Waals surface area contributed by atoms with Crippen LogP contribution in [0.15, 0.2) is 41.3 Å². The van der Waals surface area contributed by atoms with Crippen LogP contribution >= 0.6 is 11.6 Å². The number of hydrogen-bond acceptors (Lipinski definition) is 4. The fourth-order valence-electron chi connectivity index (χ4n) is 2.59. The van der Waals surface area contributed by atoms with Gasteiger partial charge in [-0.3, -0.25) is 4.79 Å². The highest BCUT2D eigenvalue weighted by Crippen LogP contribution is 2.23. The number of halogens is 1. The first kappa shape index (κ1) is 14.9. The number of carbonyl (C=O) groups excluding carboxylic acids is 1. The summed E-state index contributed by atoms with van der Waals surface area (Å²) in [7, 11) is 0. The van der Waals surface area contributed by atoms with Crippen LogP contribution in [0.25, 0.3) is 0 Å². The minimum atomic E-state index is -0.0857. The van der Waals surface area contributed by atoms with Crippen molar-refractivity contribution in [2.75, 3.05) is 0 Å². The highest BCUT2D eigenvalue weighted by Gasteiger charge is 2.24. The van der Waals surface area contributed by atoms with Crippen molar-refractivity contribution in [2.24, 2.45) is 0 Å². The molecule has 1 N–H and O–H groups in total. The molecule has 1 fully saturated rings. The number of amides is 1. The number of furan rings is 1. The van der Waals surface area contributed by atoms with Crippen molar-refractivity contribution in [3.8, 4) is 5.88 Å². The van der Waals surface area contributed by atoms with Gasteiger partial charge in [0.15, 0.2) is 0 Å².